The molecule has 1 fully saturated rings. The van der Waals surface area contributed by atoms with Crippen LogP contribution in [-0.2, 0) is 16.6 Å². The first-order valence-electron chi connectivity index (χ1n) is 8.79. The van der Waals surface area contributed by atoms with Crippen LogP contribution in [0.1, 0.15) is 49.3 Å². The smallest absolute Gasteiger partial charge is 0.132 e. The highest BCUT2D eigenvalue weighted by Gasteiger charge is 2.42. The zero-order valence-electron chi connectivity index (χ0n) is 14.1. The van der Waals surface area contributed by atoms with Crippen LogP contribution in [0.3, 0.4) is 0 Å². The summed E-state index contributed by atoms with van der Waals surface area (Å²) in [6.07, 6.45) is 5.50. The van der Waals surface area contributed by atoms with Gasteiger partial charge in [-0.3, -0.25) is 4.79 Å². The van der Waals surface area contributed by atoms with Gasteiger partial charge in [0, 0.05) is 11.3 Å². The van der Waals surface area contributed by atoms with E-state index in [0.717, 1.165) is 32.1 Å². The Morgan fingerprint density at radius 3 is 2.52 bits per heavy atom. The molecule has 2 aliphatic rings. The van der Waals surface area contributed by atoms with Gasteiger partial charge in [-0.05, 0) is 68.2 Å². The Bertz CT molecular complexity index is 763. The number of carbonyl (C=O) groups is 1. The molecule has 0 bridgehead atoms. The van der Waals surface area contributed by atoms with Crippen molar-refractivity contribution in [2.45, 2.75) is 51.4 Å². The van der Waals surface area contributed by atoms with Crippen LogP contribution < -0.4 is 0 Å². The Balaban J connectivity index is 1.80. The van der Waals surface area contributed by atoms with E-state index in [4.69, 9.17) is 0 Å². The zero-order chi connectivity index (χ0) is 16.0. The third kappa shape index (κ3) is 2.34. The van der Waals surface area contributed by atoms with Crippen molar-refractivity contribution >= 4 is 5.78 Å². The molecule has 0 atom stereocenters. The van der Waals surface area contributed by atoms with E-state index < -0.39 is 0 Å². The monoisotopic (exact) mass is 304 g/mol. The van der Waals surface area contributed by atoms with Crippen LogP contribution in [0.4, 0.5) is 0 Å². The van der Waals surface area contributed by atoms with E-state index >= 15 is 0 Å². The van der Waals surface area contributed by atoms with E-state index in [-0.39, 0.29) is 11.3 Å². The molecule has 1 spiro atoms. The second kappa shape index (κ2) is 5.33. The molecule has 2 aromatic carbocycles. The van der Waals surface area contributed by atoms with Gasteiger partial charge in [0.15, 0.2) is 0 Å². The van der Waals surface area contributed by atoms with Crippen molar-refractivity contribution in [2.24, 2.45) is 5.92 Å². The molecular weight excluding hydrogens is 280 g/mol. The summed E-state index contributed by atoms with van der Waals surface area (Å²) in [6, 6.07) is 15.8. The highest BCUT2D eigenvalue weighted by molar-refractivity contribution is 5.79. The molecule has 0 N–H and O–H groups in total. The number of ketones is 1. The first kappa shape index (κ1) is 14.7. The normalized spacial score (nSPS) is 25.7. The molecule has 0 amide bonds. The Morgan fingerprint density at radius 1 is 1.04 bits per heavy atom. The number of benzene rings is 2. The lowest BCUT2D eigenvalue weighted by molar-refractivity contribution is -0.122. The van der Waals surface area contributed by atoms with Gasteiger partial charge in [0.05, 0.1) is 0 Å². The van der Waals surface area contributed by atoms with Crippen LogP contribution >= 0.6 is 0 Å². The molecule has 1 saturated carbocycles. The molecule has 1 heteroatoms. The number of fused-ring (bicyclic) bond motifs is 4. The summed E-state index contributed by atoms with van der Waals surface area (Å²) in [5.74, 6) is 0.659. The quantitative estimate of drug-likeness (QED) is 0.704. The summed E-state index contributed by atoms with van der Waals surface area (Å²) in [4.78, 5) is 11.8. The molecule has 2 aliphatic carbocycles. The number of Topliss-reactive ketones (excluding diaryl/α,β-unsaturated/α-hetero) is 1. The summed E-state index contributed by atoms with van der Waals surface area (Å²) < 4.78 is 0. The Kier molecular flexibility index (Phi) is 3.41. The van der Waals surface area contributed by atoms with Crippen molar-refractivity contribution < 1.29 is 4.79 Å². The fourth-order valence-corrected chi connectivity index (χ4v) is 4.76. The number of carbonyl (C=O) groups excluding carboxylic acids is 1. The first-order chi connectivity index (χ1) is 11.1. The topological polar surface area (TPSA) is 17.1 Å². The summed E-state index contributed by atoms with van der Waals surface area (Å²) >= 11 is 0. The number of hydrogen-bond donors (Lipinski definition) is 0. The van der Waals surface area contributed by atoms with E-state index in [1.54, 1.807) is 6.92 Å². The number of rotatable bonds is 1. The van der Waals surface area contributed by atoms with Gasteiger partial charge in [0.1, 0.15) is 5.78 Å². The third-order valence-corrected chi connectivity index (χ3v) is 6.10. The van der Waals surface area contributed by atoms with Crippen molar-refractivity contribution in [3.8, 4) is 11.1 Å². The molecule has 118 valence electrons. The first-order valence-corrected chi connectivity index (χ1v) is 8.79. The third-order valence-electron chi connectivity index (χ3n) is 6.10. The highest BCUT2D eigenvalue weighted by atomic mass is 16.1. The average molecular weight is 304 g/mol. The molecule has 2 aromatic rings. The van der Waals surface area contributed by atoms with Gasteiger partial charge in [-0.15, -0.1) is 0 Å². The molecule has 0 heterocycles. The molecule has 4 rings (SSSR count). The van der Waals surface area contributed by atoms with Crippen LogP contribution in [0, 0.1) is 12.8 Å². The SMILES string of the molecule is CC(=O)C1CCC2(CC1)Cc1ccc(C)cc1-c1ccccc12. The molecule has 0 saturated heterocycles. The maximum Gasteiger partial charge on any atom is 0.132 e. The molecule has 0 unspecified atom stereocenters. The Morgan fingerprint density at radius 2 is 1.78 bits per heavy atom. The van der Waals surface area contributed by atoms with Gasteiger partial charge < -0.3 is 0 Å². The minimum atomic E-state index is 0.241. The largest absolute Gasteiger partial charge is 0.300 e. The lowest BCUT2D eigenvalue weighted by Crippen LogP contribution is -2.38. The lowest BCUT2D eigenvalue weighted by atomic mass is 9.59. The predicted molar refractivity (Wildman–Crippen MR) is 94.6 cm³/mol. The van der Waals surface area contributed by atoms with E-state index in [2.05, 4.69) is 49.4 Å². The Labute approximate surface area is 138 Å². The summed E-state index contributed by atoms with van der Waals surface area (Å²) in [6.45, 7) is 3.93. The van der Waals surface area contributed by atoms with Crippen LogP contribution in [0.15, 0.2) is 42.5 Å². The minimum absolute atomic E-state index is 0.241. The van der Waals surface area contributed by atoms with E-state index in [0.29, 0.717) is 5.78 Å². The van der Waals surface area contributed by atoms with Gasteiger partial charge in [0.25, 0.3) is 0 Å². The summed E-state index contributed by atoms with van der Waals surface area (Å²) in [5, 5.41) is 0. The second-order valence-electron chi connectivity index (χ2n) is 7.55. The van der Waals surface area contributed by atoms with Crippen LogP contribution in [-0.4, -0.2) is 5.78 Å². The molecule has 23 heavy (non-hydrogen) atoms. The fourth-order valence-electron chi connectivity index (χ4n) is 4.76. The number of aryl methyl sites for hydroxylation is 1. The van der Waals surface area contributed by atoms with Crippen molar-refractivity contribution in [1.29, 1.82) is 0 Å². The second-order valence-corrected chi connectivity index (χ2v) is 7.55. The van der Waals surface area contributed by atoms with Gasteiger partial charge in [-0.25, -0.2) is 0 Å². The van der Waals surface area contributed by atoms with Gasteiger partial charge in [-0.1, -0.05) is 48.0 Å². The average Bonchev–Trinajstić information content (AvgIpc) is 2.56. The predicted octanol–water partition coefficient (Wildman–Crippen LogP) is 5.24. The summed E-state index contributed by atoms with van der Waals surface area (Å²) in [7, 11) is 0. The zero-order valence-corrected chi connectivity index (χ0v) is 14.1. The van der Waals surface area contributed by atoms with E-state index in [1.165, 1.54) is 27.8 Å². The standard InChI is InChI=1S/C22H24O/c1-15-7-8-18-14-22(11-9-17(10-12-22)16(2)23)21-6-4-3-5-19(21)20(18)13-15/h3-8,13,17H,9-12,14H2,1-2H3. The fraction of sp³-hybridized carbons (Fsp3) is 0.409. The van der Waals surface area contributed by atoms with Gasteiger partial charge in [0.2, 0.25) is 0 Å². The molecule has 0 radical (unpaired) electrons. The van der Waals surface area contributed by atoms with Crippen molar-refractivity contribution in [2.75, 3.05) is 0 Å². The maximum absolute atomic E-state index is 11.8. The van der Waals surface area contributed by atoms with E-state index in [9.17, 15) is 4.79 Å². The molecule has 0 aromatic heterocycles. The van der Waals surface area contributed by atoms with Crippen LogP contribution in [0.25, 0.3) is 11.1 Å². The molecule has 0 aliphatic heterocycles. The van der Waals surface area contributed by atoms with Crippen molar-refractivity contribution in [3.63, 3.8) is 0 Å². The van der Waals surface area contributed by atoms with Crippen molar-refractivity contribution in [1.82, 2.24) is 0 Å². The van der Waals surface area contributed by atoms with Crippen LogP contribution in [0.2, 0.25) is 0 Å². The maximum atomic E-state index is 11.8. The summed E-state index contributed by atoms with van der Waals surface area (Å²) in [5.41, 5.74) is 7.40. The van der Waals surface area contributed by atoms with Crippen LogP contribution in [0.5, 0.6) is 0 Å². The van der Waals surface area contributed by atoms with Gasteiger partial charge >= 0.3 is 0 Å². The van der Waals surface area contributed by atoms with Gasteiger partial charge in [-0.2, -0.15) is 0 Å². The lowest BCUT2D eigenvalue weighted by Gasteiger charge is -2.44. The Hall–Kier alpha value is -1.89. The molecular formula is C22H24O. The highest BCUT2D eigenvalue weighted by Crippen LogP contribution is 2.51. The van der Waals surface area contributed by atoms with Crippen molar-refractivity contribution in [3.05, 3.63) is 59.2 Å². The minimum Gasteiger partial charge on any atom is -0.300 e. The van der Waals surface area contributed by atoms with E-state index in [1.807, 2.05) is 0 Å². The molecule has 1 nitrogen and oxygen atoms in total. The number of hydrogen-bond acceptors (Lipinski definition) is 1.